The average molecular weight is 697 g/mol. The van der Waals surface area contributed by atoms with E-state index in [0.29, 0.717) is 22.3 Å². The van der Waals surface area contributed by atoms with Crippen molar-refractivity contribution < 1.29 is 52.8 Å². The summed E-state index contributed by atoms with van der Waals surface area (Å²) < 4.78 is 0. The summed E-state index contributed by atoms with van der Waals surface area (Å²) in [7, 11) is 0. The Kier molecular flexibility index (Phi) is 7.56. The molecule has 2 atom stereocenters. The number of nitrogens with zero attached hydrogens (tertiary/aromatic N) is 2. The first-order valence-corrected chi connectivity index (χ1v) is 16.3. The minimum Gasteiger partial charge on any atom is -0.293 e. The lowest BCUT2D eigenvalue weighted by Crippen LogP contribution is -2.39. The number of hydrogen-bond donors (Lipinski definition) is 0. The molecule has 256 valence electrons. The zero-order chi connectivity index (χ0) is 36.4. The summed E-state index contributed by atoms with van der Waals surface area (Å²) in [6, 6.07) is 22.1. The lowest BCUT2D eigenvalue weighted by molar-refractivity contribution is -0.199. The van der Waals surface area contributed by atoms with Crippen LogP contribution in [0.2, 0.25) is 0 Å². The molecule has 4 aromatic carbocycles. The van der Waals surface area contributed by atoms with Crippen molar-refractivity contribution in [2.24, 2.45) is 11.8 Å². The van der Waals surface area contributed by atoms with E-state index in [9.17, 15) is 43.2 Å². The standard InChI is InChI=1S/C39H24N2O11/c42-31-17-21(13-19-9-11-27-29(15-19)35(46)25-7-3-1-5-23(25)33(27)44)37(48)40(31)51-39(50)52-41-32(43)18-22(38(41)49)14-20-10-12-28-30(16-20)36(47)26-8-4-2-6-24(26)34(28)45/h1-12,15-16,21-22H,13-14,17-18H2. The highest BCUT2D eigenvalue weighted by Crippen LogP contribution is 2.32. The van der Waals surface area contributed by atoms with Crippen LogP contribution in [0.5, 0.6) is 0 Å². The largest absolute Gasteiger partial charge is 0.560 e. The van der Waals surface area contributed by atoms with Gasteiger partial charge >= 0.3 is 6.16 Å². The number of amides is 4. The van der Waals surface area contributed by atoms with E-state index in [0.717, 1.165) is 0 Å². The predicted octanol–water partition coefficient (Wildman–Crippen LogP) is 3.76. The Labute approximate surface area is 293 Å². The maximum Gasteiger partial charge on any atom is 0.560 e. The molecule has 0 spiro atoms. The second-order valence-electron chi connectivity index (χ2n) is 12.9. The molecule has 2 aliphatic carbocycles. The van der Waals surface area contributed by atoms with Crippen LogP contribution < -0.4 is 0 Å². The van der Waals surface area contributed by atoms with Gasteiger partial charge in [-0.2, -0.15) is 4.79 Å². The first kappa shape index (κ1) is 32.3. The fourth-order valence-corrected chi connectivity index (χ4v) is 7.13. The van der Waals surface area contributed by atoms with Gasteiger partial charge in [0.25, 0.3) is 23.6 Å². The molecule has 2 aliphatic heterocycles. The average Bonchev–Trinajstić information content (AvgIpc) is 3.56. The Morgan fingerprint density at radius 1 is 0.481 bits per heavy atom. The van der Waals surface area contributed by atoms with Gasteiger partial charge in [0.15, 0.2) is 23.1 Å². The Balaban J connectivity index is 0.898. The van der Waals surface area contributed by atoms with Gasteiger partial charge in [-0.05, 0) is 36.1 Å². The van der Waals surface area contributed by atoms with Gasteiger partial charge in [0.2, 0.25) is 0 Å². The molecule has 8 rings (SSSR count). The summed E-state index contributed by atoms with van der Waals surface area (Å²) in [5.41, 5.74) is 2.92. The number of benzene rings is 4. The summed E-state index contributed by atoms with van der Waals surface area (Å²) in [6.07, 6.45) is -2.39. The zero-order valence-corrected chi connectivity index (χ0v) is 27.0. The quantitative estimate of drug-likeness (QED) is 0.232. The molecule has 13 heteroatoms. The molecule has 0 radical (unpaired) electrons. The topological polar surface area (TPSA) is 179 Å². The number of fused-ring (bicyclic) bond motifs is 4. The van der Waals surface area contributed by atoms with Crippen molar-refractivity contribution in [3.05, 3.63) is 141 Å². The Bertz CT molecular complexity index is 2210. The Hall–Kier alpha value is -6.89. The van der Waals surface area contributed by atoms with E-state index >= 15 is 0 Å². The highest BCUT2D eigenvalue weighted by atomic mass is 16.9. The molecule has 2 unspecified atom stereocenters. The number of ketones is 4. The molecule has 0 saturated carbocycles. The van der Waals surface area contributed by atoms with Crippen LogP contribution in [0.4, 0.5) is 4.79 Å². The van der Waals surface area contributed by atoms with Crippen molar-refractivity contribution >= 4 is 52.9 Å². The third kappa shape index (κ3) is 5.21. The van der Waals surface area contributed by atoms with Gasteiger partial charge < -0.3 is 0 Å². The molecule has 0 aromatic heterocycles. The Morgan fingerprint density at radius 3 is 1.17 bits per heavy atom. The van der Waals surface area contributed by atoms with Gasteiger partial charge in [-0.3, -0.25) is 48.0 Å². The van der Waals surface area contributed by atoms with Gasteiger partial charge in [-0.25, -0.2) is 0 Å². The van der Waals surface area contributed by atoms with Gasteiger partial charge in [0, 0.05) is 57.3 Å². The monoisotopic (exact) mass is 696 g/mol. The van der Waals surface area contributed by atoms with Crippen LogP contribution in [0, 0.1) is 11.8 Å². The lowest BCUT2D eigenvalue weighted by Gasteiger charge is -2.19. The number of carbonyl (C=O) groups excluding carboxylic acids is 9. The summed E-state index contributed by atoms with van der Waals surface area (Å²) in [5.74, 6) is -6.76. The second kappa shape index (κ2) is 12.2. The fraction of sp³-hybridized carbons (Fsp3) is 0.154. The molecule has 52 heavy (non-hydrogen) atoms. The third-order valence-corrected chi connectivity index (χ3v) is 9.67. The maximum absolute atomic E-state index is 13.1. The summed E-state index contributed by atoms with van der Waals surface area (Å²) in [5, 5.41) is 0.421. The van der Waals surface area contributed by atoms with Gasteiger partial charge in [-0.1, -0.05) is 82.9 Å². The molecule has 4 aromatic rings. The third-order valence-electron chi connectivity index (χ3n) is 9.67. The first-order valence-electron chi connectivity index (χ1n) is 16.3. The number of hydrogen-bond acceptors (Lipinski definition) is 11. The molecule has 2 heterocycles. The van der Waals surface area contributed by atoms with Gasteiger partial charge in [-0.15, -0.1) is 0 Å². The minimum absolute atomic E-state index is 0.0182. The molecule has 2 saturated heterocycles. The molecule has 4 aliphatic rings. The van der Waals surface area contributed by atoms with E-state index in [1.54, 1.807) is 60.7 Å². The van der Waals surface area contributed by atoms with Gasteiger partial charge in [0.1, 0.15) is 0 Å². The maximum atomic E-state index is 13.1. The first-order chi connectivity index (χ1) is 25.0. The molecule has 0 bridgehead atoms. The normalized spacial score (nSPS) is 19.1. The number of rotatable bonds is 6. The molecular weight excluding hydrogens is 672 g/mol. The zero-order valence-electron chi connectivity index (χ0n) is 27.0. The lowest BCUT2D eigenvalue weighted by atomic mass is 9.82. The van der Waals surface area contributed by atoms with Crippen molar-refractivity contribution in [1.29, 1.82) is 0 Å². The molecular formula is C39H24N2O11. The van der Waals surface area contributed by atoms with Crippen molar-refractivity contribution in [3.8, 4) is 0 Å². The SMILES string of the molecule is O=C(ON1C(=O)CC(Cc2ccc3c(c2)C(=O)c2ccccc2C3=O)C1=O)ON1C(=O)CC(Cc2ccc3c(c2)C(=O)c2ccccc2C3=O)C1=O. The van der Waals surface area contributed by atoms with Crippen LogP contribution in [0.3, 0.4) is 0 Å². The summed E-state index contributed by atoms with van der Waals surface area (Å²) in [4.78, 5) is 126. The van der Waals surface area contributed by atoms with Crippen molar-refractivity contribution in [1.82, 2.24) is 10.1 Å². The number of carbonyl (C=O) groups is 9. The van der Waals surface area contributed by atoms with Crippen LogP contribution in [-0.2, 0) is 41.7 Å². The number of hydroxylamine groups is 4. The fourth-order valence-electron chi connectivity index (χ4n) is 7.13. The van der Waals surface area contributed by atoms with Crippen LogP contribution >= 0.6 is 0 Å². The second-order valence-corrected chi connectivity index (χ2v) is 12.9. The van der Waals surface area contributed by atoms with Crippen molar-refractivity contribution in [2.45, 2.75) is 25.7 Å². The minimum atomic E-state index is -1.67. The smallest absolute Gasteiger partial charge is 0.293 e. The molecule has 13 nitrogen and oxygen atoms in total. The van der Waals surface area contributed by atoms with Crippen LogP contribution in [0.1, 0.15) is 87.7 Å². The molecule has 2 fully saturated rings. The highest BCUT2D eigenvalue weighted by molar-refractivity contribution is 6.29. The van der Waals surface area contributed by atoms with E-state index in [4.69, 9.17) is 9.68 Å². The summed E-state index contributed by atoms with van der Waals surface area (Å²) in [6.45, 7) is 0. The van der Waals surface area contributed by atoms with Gasteiger partial charge in [0.05, 0.1) is 11.8 Å². The van der Waals surface area contributed by atoms with E-state index in [1.165, 1.54) is 24.3 Å². The van der Waals surface area contributed by atoms with E-state index in [1.807, 2.05) is 0 Å². The predicted molar refractivity (Wildman–Crippen MR) is 174 cm³/mol. The van der Waals surface area contributed by atoms with Crippen LogP contribution in [0.25, 0.3) is 0 Å². The van der Waals surface area contributed by atoms with E-state index in [2.05, 4.69) is 0 Å². The summed E-state index contributed by atoms with van der Waals surface area (Å²) >= 11 is 0. The Morgan fingerprint density at radius 2 is 0.808 bits per heavy atom. The van der Waals surface area contributed by atoms with Crippen molar-refractivity contribution in [3.63, 3.8) is 0 Å². The molecule has 4 amide bonds. The van der Waals surface area contributed by atoms with E-state index < -0.39 is 41.6 Å². The van der Waals surface area contributed by atoms with Crippen molar-refractivity contribution in [2.75, 3.05) is 0 Å². The van der Waals surface area contributed by atoms with E-state index in [-0.39, 0.29) is 92.3 Å². The number of imide groups is 2. The van der Waals surface area contributed by atoms with Crippen LogP contribution in [0.15, 0.2) is 84.9 Å². The molecule has 0 N–H and O–H groups in total. The highest BCUT2D eigenvalue weighted by Gasteiger charge is 2.45. The van der Waals surface area contributed by atoms with Crippen LogP contribution in [-0.4, -0.2) is 63.0 Å².